The van der Waals surface area contributed by atoms with Crippen LogP contribution in [0.3, 0.4) is 0 Å². The number of hydrogen-bond donors (Lipinski definition) is 2. The Labute approximate surface area is 121 Å². The summed E-state index contributed by atoms with van der Waals surface area (Å²) in [5, 5.41) is 8.87. The fourth-order valence-electron chi connectivity index (χ4n) is 1.93. The van der Waals surface area contributed by atoms with Crippen molar-refractivity contribution in [3.63, 3.8) is 0 Å². The number of rotatable bonds is 5. The van der Waals surface area contributed by atoms with E-state index < -0.39 is 16.0 Å². The topological polar surface area (TPSA) is 92.7 Å². The zero-order valence-electron chi connectivity index (χ0n) is 10.5. The van der Waals surface area contributed by atoms with Gasteiger partial charge >= 0.3 is 5.97 Å². The Hall–Kier alpha value is -1.15. The van der Waals surface area contributed by atoms with Gasteiger partial charge in [0.05, 0.1) is 16.7 Å². The highest BCUT2D eigenvalue weighted by atomic mass is 35.5. The minimum absolute atomic E-state index is 0.0187. The summed E-state index contributed by atoms with van der Waals surface area (Å²) in [6.45, 7) is 0.775. The van der Waals surface area contributed by atoms with E-state index in [2.05, 4.69) is 4.72 Å². The average Bonchev–Trinajstić information content (AvgIpc) is 2.89. The number of halogens is 1. The van der Waals surface area contributed by atoms with E-state index in [-0.39, 0.29) is 28.1 Å². The molecule has 0 aliphatic carbocycles. The number of sulfonamides is 1. The molecule has 20 heavy (non-hydrogen) atoms. The van der Waals surface area contributed by atoms with Gasteiger partial charge in [-0.2, -0.15) is 0 Å². The van der Waals surface area contributed by atoms with E-state index in [1.54, 1.807) is 0 Å². The lowest BCUT2D eigenvalue weighted by Gasteiger charge is -2.12. The molecule has 1 aromatic carbocycles. The van der Waals surface area contributed by atoms with Crippen molar-refractivity contribution >= 4 is 27.6 Å². The van der Waals surface area contributed by atoms with E-state index in [0.29, 0.717) is 6.61 Å². The molecule has 110 valence electrons. The van der Waals surface area contributed by atoms with Crippen LogP contribution in [-0.4, -0.2) is 38.7 Å². The number of aromatic carboxylic acids is 1. The number of nitrogens with one attached hydrogen (secondary N) is 1. The Kier molecular flexibility index (Phi) is 4.64. The molecule has 6 nitrogen and oxygen atoms in total. The SMILES string of the molecule is O=C(O)c1ccc(Cl)c(S(=O)(=O)NCC2CCCO2)c1. The Morgan fingerprint density at radius 3 is 2.85 bits per heavy atom. The van der Waals surface area contributed by atoms with Crippen LogP contribution in [-0.2, 0) is 14.8 Å². The number of benzene rings is 1. The van der Waals surface area contributed by atoms with Gasteiger partial charge in [0.1, 0.15) is 4.90 Å². The van der Waals surface area contributed by atoms with Crippen LogP contribution in [0.1, 0.15) is 23.2 Å². The van der Waals surface area contributed by atoms with E-state index in [0.717, 1.165) is 18.9 Å². The summed E-state index contributed by atoms with van der Waals surface area (Å²) < 4.78 is 32.0. The standard InChI is InChI=1S/C12H14ClNO5S/c13-10-4-3-8(12(15)16)6-11(10)20(17,18)14-7-9-2-1-5-19-9/h3-4,6,9,14H,1-2,5,7H2,(H,15,16). The third-order valence-electron chi connectivity index (χ3n) is 2.99. The van der Waals surface area contributed by atoms with Gasteiger partial charge in [-0.1, -0.05) is 11.6 Å². The first-order chi connectivity index (χ1) is 9.40. The van der Waals surface area contributed by atoms with Crippen LogP contribution in [0.15, 0.2) is 23.1 Å². The minimum Gasteiger partial charge on any atom is -0.478 e. The zero-order valence-corrected chi connectivity index (χ0v) is 12.1. The molecule has 0 aromatic heterocycles. The number of carboxylic acid groups (broad SMARTS) is 1. The number of hydrogen-bond acceptors (Lipinski definition) is 4. The van der Waals surface area contributed by atoms with Gasteiger partial charge in [-0.15, -0.1) is 0 Å². The van der Waals surface area contributed by atoms with Crippen molar-refractivity contribution in [3.05, 3.63) is 28.8 Å². The van der Waals surface area contributed by atoms with Crippen LogP contribution in [0.5, 0.6) is 0 Å². The molecule has 0 radical (unpaired) electrons. The Bertz CT molecular complexity index is 610. The molecule has 0 amide bonds. The molecule has 1 unspecified atom stereocenters. The maximum absolute atomic E-state index is 12.1. The molecule has 0 bridgehead atoms. The van der Waals surface area contributed by atoms with Gasteiger partial charge in [-0.25, -0.2) is 17.9 Å². The number of carboxylic acids is 1. The second-order valence-electron chi connectivity index (χ2n) is 4.44. The third kappa shape index (κ3) is 3.49. The molecule has 1 aromatic rings. The molecule has 0 saturated carbocycles. The van der Waals surface area contributed by atoms with Crippen molar-refractivity contribution in [1.82, 2.24) is 4.72 Å². The molecule has 2 N–H and O–H groups in total. The third-order valence-corrected chi connectivity index (χ3v) is 4.90. The first kappa shape index (κ1) is 15.2. The highest BCUT2D eigenvalue weighted by molar-refractivity contribution is 7.89. The molecule has 1 aliphatic heterocycles. The molecule has 1 aliphatic rings. The fourth-order valence-corrected chi connectivity index (χ4v) is 3.52. The summed E-state index contributed by atoms with van der Waals surface area (Å²) in [5.41, 5.74) is -0.133. The second kappa shape index (κ2) is 6.09. The maximum Gasteiger partial charge on any atom is 0.335 e. The van der Waals surface area contributed by atoms with Crippen molar-refractivity contribution in [3.8, 4) is 0 Å². The first-order valence-corrected chi connectivity index (χ1v) is 7.90. The molecule has 0 spiro atoms. The molecule has 2 rings (SSSR count). The Morgan fingerprint density at radius 1 is 1.50 bits per heavy atom. The van der Waals surface area contributed by atoms with Crippen LogP contribution >= 0.6 is 11.6 Å². The summed E-state index contributed by atoms with van der Waals surface area (Å²) in [5.74, 6) is -1.21. The summed E-state index contributed by atoms with van der Waals surface area (Å²) in [6, 6.07) is 3.55. The first-order valence-electron chi connectivity index (χ1n) is 6.04. The minimum atomic E-state index is -3.86. The fraction of sp³-hybridized carbons (Fsp3) is 0.417. The zero-order chi connectivity index (χ0) is 14.8. The Morgan fingerprint density at radius 2 is 2.25 bits per heavy atom. The van der Waals surface area contributed by atoms with Crippen LogP contribution < -0.4 is 4.72 Å². The van der Waals surface area contributed by atoms with E-state index in [1.807, 2.05) is 0 Å². The van der Waals surface area contributed by atoms with Crippen LogP contribution in [0.2, 0.25) is 5.02 Å². The van der Waals surface area contributed by atoms with Crippen molar-refractivity contribution in [2.45, 2.75) is 23.8 Å². The largest absolute Gasteiger partial charge is 0.478 e. The molecule has 1 fully saturated rings. The molecule has 8 heteroatoms. The van der Waals surface area contributed by atoms with E-state index in [1.165, 1.54) is 12.1 Å². The van der Waals surface area contributed by atoms with E-state index in [4.69, 9.17) is 21.4 Å². The maximum atomic E-state index is 12.1. The lowest BCUT2D eigenvalue weighted by Crippen LogP contribution is -2.32. The van der Waals surface area contributed by atoms with E-state index >= 15 is 0 Å². The second-order valence-corrected chi connectivity index (χ2v) is 6.58. The van der Waals surface area contributed by atoms with Gasteiger partial charge in [0.15, 0.2) is 0 Å². The van der Waals surface area contributed by atoms with Gasteiger partial charge in [0.2, 0.25) is 10.0 Å². The molecule has 1 heterocycles. The lowest BCUT2D eigenvalue weighted by molar-refractivity contribution is 0.0696. The quantitative estimate of drug-likeness (QED) is 0.858. The van der Waals surface area contributed by atoms with Gasteiger partial charge in [0.25, 0.3) is 0 Å². The predicted molar refractivity (Wildman–Crippen MR) is 72.6 cm³/mol. The van der Waals surface area contributed by atoms with Crippen molar-refractivity contribution in [1.29, 1.82) is 0 Å². The van der Waals surface area contributed by atoms with Gasteiger partial charge in [0, 0.05) is 13.2 Å². The Balaban J connectivity index is 2.19. The number of ether oxygens (including phenoxy) is 1. The van der Waals surface area contributed by atoms with Gasteiger partial charge in [-0.3, -0.25) is 0 Å². The average molecular weight is 320 g/mol. The lowest BCUT2D eigenvalue weighted by atomic mass is 10.2. The summed E-state index contributed by atoms with van der Waals surface area (Å²) >= 11 is 5.84. The van der Waals surface area contributed by atoms with E-state index in [9.17, 15) is 13.2 Å². The smallest absolute Gasteiger partial charge is 0.335 e. The molecular weight excluding hydrogens is 306 g/mol. The van der Waals surface area contributed by atoms with Gasteiger partial charge < -0.3 is 9.84 Å². The molecule has 1 saturated heterocycles. The van der Waals surface area contributed by atoms with Crippen LogP contribution in [0, 0.1) is 0 Å². The van der Waals surface area contributed by atoms with Crippen molar-refractivity contribution in [2.24, 2.45) is 0 Å². The molecular formula is C12H14ClNO5S. The van der Waals surface area contributed by atoms with Crippen LogP contribution in [0.4, 0.5) is 0 Å². The summed E-state index contributed by atoms with van der Waals surface area (Å²) in [4.78, 5) is 10.6. The number of carbonyl (C=O) groups is 1. The summed E-state index contributed by atoms with van der Waals surface area (Å²) in [7, 11) is -3.86. The monoisotopic (exact) mass is 319 g/mol. The molecule has 1 atom stereocenters. The van der Waals surface area contributed by atoms with Crippen molar-refractivity contribution in [2.75, 3.05) is 13.2 Å². The normalized spacial score (nSPS) is 19.1. The van der Waals surface area contributed by atoms with Gasteiger partial charge in [-0.05, 0) is 31.0 Å². The highest BCUT2D eigenvalue weighted by Crippen LogP contribution is 2.23. The summed E-state index contributed by atoms with van der Waals surface area (Å²) in [6.07, 6.45) is 1.55. The highest BCUT2D eigenvalue weighted by Gasteiger charge is 2.23. The van der Waals surface area contributed by atoms with Crippen LogP contribution in [0.25, 0.3) is 0 Å². The van der Waals surface area contributed by atoms with Crippen molar-refractivity contribution < 1.29 is 23.1 Å². The predicted octanol–water partition coefficient (Wildman–Crippen LogP) is 1.50.